The van der Waals surface area contributed by atoms with E-state index >= 15 is 0 Å². The van der Waals surface area contributed by atoms with Gasteiger partial charge in [0.25, 0.3) is 0 Å². The Bertz CT molecular complexity index is 364. The van der Waals surface area contributed by atoms with Crippen molar-refractivity contribution in [3.63, 3.8) is 0 Å². The van der Waals surface area contributed by atoms with E-state index in [1.165, 1.54) is 0 Å². The molecule has 0 aliphatic carbocycles. The SMILES string of the molecule is CCc1nc(Cl)cc(N2CCC(O)CC2)n1. The predicted octanol–water partition coefficient (Wildman–Crippen LogP) is 1.65. The molecule has 5 heteroatoms. The number of piperidine rings is 1. The lowest BCUT2D eigenvalue weighted by molar-refractivity contribution is 0.145. The van der Waals surface area contributed by atoms with Crippen LogP contribution in [0.3, 0.4) is 0 Å². The maximum absolute atomic E-state index is 9.44. The van der Waals surface area contributed by atoms with Crippen molar-refractivity contribution < 1.29 is 5.11 Å². The number of hydrogen-bond donors (Lipinski definition) is 1. The van der Waals surface area contributed by atoms with Crippen LogP contribution >= 0.6 is 11.6 Å². The first kappa shape index (κ1) is 11.6. The molecule has 0 spiro atoms. The van der Waals surface area contributed by atoms with E-state index in [2.05, 4.69) is 14.9 Å². The van der Waals surface area contributed by atoms with Crippen LogP contribution in [0.1, 0.15) is 25.6 Å². The van der Waals surface area contributed by atoms with Gasteiger partial charge in [-0.25, -0.2) is 9.97 Å². The molecule has 2 rings (SSSR count). The normalized spacial score (nSPS) is 17.8. The van der Waals surface area contributed by atoms with Crippen LogP contribution in [0.5, 0.6) is 0 Å². The average Bonchev–Trinajstić information content (AvgIpc) is 2.29. The third-order valence-corrected chi connectivity index (χ3v) is 3.03. The molecule has 88 valence electrons. The molecule has 1 aliphatic heterocycles. The number of aliphatic hydroxyl groups is 1. The summed E-state index contributed by atoms with van der Waals surface area (Å²) in [4.78, 5) is 10.7. The van der Waals surface area contributed by atoms with Crippen molar-refractivity contribution >= 4 is 17.4 Å². The molecule has 0 bridgehead atoms. The van der Waals surface area contributed by atoms with Crippen molar-refractivity contribution in [3.05, 3.63) is 17.0 Å². The Morgan fingerprint density at radius 2 is 2.12 bits per heavy atom. The number of hydrogen-bond acceptors (Lipinski definition) is 4. The Labute approximate surface area is 100 Å². The number of anilines is 1. The molecular formula is C11H16ClN3O. The number of nitrogens with zero attached hydrogens (tertiary/aromatic N) is 3. The Kier molecular flexibility index (Phi) is 3.61. The van der Waals surface area contributed by atoms with Gasteiger partial charge in [-0.2, -0.15) is 0 Å². The molecule has 0 radical (unpaired) electrons. The van der Waals surface area contributed by atoms with Crippen molar-refractivity contribution in [3.8, 4) is 0 Å². The summed E-state index contributed by atoms with van der Waals surface area (Å²) in [5.41, 5.74) is 0. The second-order valence-electron chi connectivity index (χ2n) is 4.04. The number of aryl methyl sites for hydroxylation is 1. The first-order valence-electron chi connectivity index (χ1n) is 5.65. The van der Waals surface area contributed by atoms with E-state index in [0.717, 1.165) is 44.0 Å². The third kappa shape index (κ3) is 2.62. The van der Waals surface area contributed by atoms with Crippen LogP contribution in [0, 0.1) is 0 Å². The van der Waals surface area contributed by atoms with Gasteiger partial charge in [0.2, 0.25) is 0 Å². The average molecular weight is 242 g/mol. The zero-order chi connectivity index (χ0) is 11.5. The van der Waals surface area contributed by atoms with Crippen LogP contribution in [0.25, 0.3) is 0 Å². The first-order chi connectivity index (χ1) is 7.69. The minimum Gasteiger partial charge on any atom is -0.393 e. The Morgan fingerprint density at radius 3 is 2.75 bits per heavy atom. The van der Waals surface area contributed by atoms with Gasteiger partial charge < -0.3 is 10.0 Å². The van der Waals surface area contributed by atoms with E-state index in [-0.39, 0.29) is 6.10 Å². The van der Waals surface area contributed by atoms with Crippen molar-refractivity contribution in [2.24, 2.45) is 0 Å². The highest BCUT2D eigenvalue weighted by Crippen LogP contribution is 2.20. The van der Waals surface area contributed by atoms with E-state index in [4.69, 9.17) is 11.6 Å². The van der Waals surface area contributed by atoms with Gasteiger partial charge in [0.1, 0.15) is 16.8 Å². The summed E-state index contributed by atoms with van der Waals surface area (Å²) in [6.07, 6.45) is 2.20. The summed E-state index contributed by atoms with van der Waals surface area (Å²) in [7, 11) is 0. The summed E-state index contributed by atoms with van der Waals surface area (Å²) >= 11 is 5.95. The molecule has 2 heterocycles. The van der Waals surface area contributed by atoms with Crippen LogP contribution in [0.15, 0.2) is 6.07 Å². The highest BCUT2D eigenvalue weighted by atomic mass is 35.5. The molecule has 0 amide bonds. The third-order valence-electron chi connectivity index (χ3n) is 2.83. The van der Waals surface area contributed by atoms with Gasteiger partial charge >= 0.3 is 0 Å². The fourth-order valence-corrected chi connectivity index (χ4v) is 2.06. The van der Waals surface area contributed by atoms with Gasteiger partial charge in [0.05, 0.1) is 6.10 Å². The lowest BCUT2D eigenvalue weighted by Gasteiger charge is -2.30. The number of aromatic nitrogens is 2. The lowest BCUT2D eigenvalue weighted by Crippen LogP contribution is -2.36. The van der Waals surface area contributed by atoms with E-state index in [0.29, 0.717) is 5.15 Å². The quantitative estimate of drug-likeness (QED) is 0.800. The highest BCUT2D eigenvalue weighted by molar-refractivity contribution is 6.29. The van der Waals surface area contributed by atoms with E-state index < -0.39 is 0 Å². The number of halogens is 1. The summed E-state index contributed by atoms with van der Waals surface area (Å²) in [6, 6.07) is 1.79. The summed E-state index contributed by atoms with van der Waals surface area (Å²) < 4.78 is 0. The largest absolute Gasteiger partial charge is 0.393 e. The van der Waals surface area contributed by atoms with Gasteiger partial charge in [-0.3, -0.25) is 0 Å². The Balaban J connectivity index is 2.16. The molecule has 1 N–H and O–H groups in total. The predicted molar refractivity (Wildman–Crippen MR) is 63.9 cm³/mol. The van der Waals surface area contributed by atoms with E-state index in [1.807, 2.05) is 6.92 Å². The molecule has 1 fully saturated rings. The minimum absolute atomic E-state index is 0.167. The zero-order valence-corrected chi connectivity index (χ0v) is 10.1. The minimum atomic E-state index is -0.167. The lowest BCUT2D eigenvalue weighted by atomic mass is 10.1. The molecule has 1 aromatic heterocycles. The van der Waals surface area contributed by atoms with Crippen LogP contribution < -0.4 is 4.90 Å². The summed E-state index contributed by atoms with van der Waals surface area (Å²) in [6.45, 7) is 3.67. The molecule has 1 aliphatic rings. The molecule has 4 nitrogen and oxygen atoms in total. The first-order valence-corrected chi connectivity index (χ1v) is 6.03. The molecule has 0 aromatic carbocycles. The van der Waals surface area contributed by atoms with E-state index in [1.54, 1.807) is 6.07 Å². The smallest absolute Gasteiger partial charge is 0.134 e. The van der Waals surface area contributed by atoms with Crippen LogP contribution in [0.2, 0.25) is 5.15 Å². The molecule has 0 unspecified atom stereocenters. The molecule has 0 atom stereocenters. The van der Waals surface area contributed by atoms with Gasteiger partial charge in [-0.1, -0.05) is 18.5 Å². The Morgan fingerprint density at radius 1 is 1.44 bits per heavy atom. The van der Waals surface area contributed by atoms with Crippen LogP contribution in [0.4, 0.5) is 5.82 Å². The second-order valence-corrected chi connectivity index (χ2v) is 4.42. The number of rotatable bonds is 2. The van der Waals surface area contributed by atoms with Crippen molar-refractivity contribution in [2.45, 2.75) is 32.3 Å². The van der Waals surface area contributed by atoms with E-state index in [9.17, 15) is 5.11 Å². The van der Waals surface area contributed by atoms with Gasteiger partial charge in [0.15, 0.2) is 0 Å². The standard InChI is InChI=1S/C11H16ClN3O/c1-2-10-13-9(12)7-11(14-10)15-5-3-8(16)4-6-15/h7-8,16H,2-6H2,1H3. The molecule has 1 saturated heterocycles. The van der Waals surface area contributed by atoms with Gasteiger partial charge in [-0.05, 0) is 12.8 Å². The fourth-order valence-electron chi connectivity index (χ4n) is 1.87. The summed E-state index contributed by atoms with van der Waals surface area (Å²) in [5, 5.41) is 9.94. The molecule has 16 heavy (non-hydrogen) atoms. The Hall–Kier alpha value is -0.870. The molecular weight excluding hydrogens is 226 g/mol. The maximum atomic E-state index is 9.44. The fraction of sp³-hybridized carbons (Fsp3) is 0.636. The van der Waals surface area contributed by atoms with Crippen LogP contribution in [-0.2, 0) is 6.42 Å². The summed E-state index contributed by atoms with van der Waals surface area (Å²) in [5.74, 6) is 1.65. The van der Waals surface area contributed by atoms with Crippen molar-refractivity contribution in [1.29, 1.82) is 0 Å². The molecule has 1 aromatic rings. The van der Waals surface area contributed by atoms with Crippen molar-refractivity contribution in [1.82, 2.24) is 9.97 Å². The van der Waals surface area contributed by atoms with Crippen LogP contribution in [-0.4, -0.2) is 34.3 Å². The van der Waals surface area contributed by atoms with Crippen molar-refractivity contribution in [2.75, 3.05) is 18.0 Å². The van der Waals surface area contributed by atoms with Gasteiger partial charge in [0, 0.05) is 25.6 Å². The monoisotopic (exact) mass is 241 g/mol. The molecule has 0 saturated carbocycles. The second kappa shape index (κ2) is 4.97. The van der Waals surface area contributed by atoms with Gasteiger partial charge in [-0.15, -0.1) is 0 Å². The highest BCUT2D eigenvalue weighted by Gasteiger charge is 2.18. The maximum Gasteiger partial charge on any atom is 0.134 e. The zero-order valence-electron chi connectivity index (χ0n) is 9.36. The number of aliphatic hydroxyl groups excluding tert-OH is 1. The topological polar surface area (TPSA) is 49.2 Å².